The third kappa shape index (κ3) is 5.86. The maximum Gasteiger partial charge on any atom is 0.225 e. The fourth-order valence-corrected chi connectivity index (χ4v) is 7.23. The van der Waals surface area contributed by atoms with Crippen molar-refractivity contribution in [1.82, 2.24) is 14.7 Å². The fourth-order valence-electron chi connectivity index (χ4n) is 6.60. The van der Waals surface area contributed by atoms with Crippen molar-refractivity contribution in [2.45, 2.75) is 58.0 Å². The van der Waals surface area contributed by atoms with Gasteiger partial charge in [-0.1, -0.05) is 41.4 Å². The number of halogens is 2. The molecule has 5 nitrogen and oxygen atoms in total. The molecule has 7 heteroatoms. The number of carbonyl (C=O) groups is 1. The van der Waals surface area contributed by atoms with Gasteiger partial charge >= 0.3 is 0 Å². The van der Waals surface area contributed by atoms with E-state index in [0.717, 1.165) is 87.2 Å². The highest BCUT2D eigenvalue weighted by molar-refractivity contribution is 6.39. The number of carbonyl (C=O) groups excluding carboxylic acids is 1. The van der Waals surface area contributed by atoms with Gasteiger partial charge in [0, 0.05) is 50.6 Å². The molecule has 2 aromatic carbocycles. The van der Waals surface area contributed by atoms with Gasteiger partial charge in [-0.25, -0.2) is 0 Å². The van der Waals surface area contributed by atoms with Crippen molar-refractivity contribution in [2.75, 3.05) is 58.3 Å². The Bertz CT molecular complexity index is 1100. The summed E-state index contributed by atoms with van der Waals surface area (Å²) in [6, 6.07) is 11.1. The lowest BCUT2D eigenvalue weighted by Crippen LogP contribution is -2.48. The second kappa shape index (κ2) is 11.8. The molecule has 3 aliphatic rings. The number of likely N-dealkylation sites (tertiary alicyclic amines) is 2. The molecule has 0 radical (unpaired) electrons. The number of hydrogen-bond acceptors (Lipinski definition) is 4. The molecule has 1 amide bonds. The van der Waals surface area contributed by atoms with E-state index < -0.39 is 0 Å². The van der Waals surface area contributed by atoms with Gasteiger partial charge in [-0.2, -0.15) is 0 Å². The van der Waals surface area contributed by atoms with Crippen molar-refractivity contribution < 1.29 is 4.79 Å². The third-order valence-corrected chi connectivity index (χ3v) is 9.76. The largest absolute Gasteiger partial charge is 0.368 e. The van der Waals surface area contributed by atoms with Gasteiger partial charge in [0.05, 0.1) is 15.7 Å². The number of rotatable bonds is 6. The monoisotopic (exact) mass is 556 g/mol. The van der Waals surface area contributed by atoms with E-state index in [1.807, 2.05) is 18.2 Å². The van der Waals surface area contributed by atoms with Crippen LogP contribution in [0.3, 0.4) is 0 Å². The number of aryl methyl sites for hydroxylation is 2. The normalized spacial score (nSPS) is 20.3. The highest BCUT2D eigenvalue weighted by Gasteiger charge is 2.33. The van der Waals surface area contributed by atoms with Gasteiger partial charge in [0.15, 0.2) is 0 Å². The molecular weight excluding hydrogens is 515 g/mol. The molecule has 5 rings (SSSR count). The summed E-state index contributed by atoms with van der Waals surface area (Å²) in [5.74, 6) is 1.09. The summed E-state index contributed by atoms with van der Waals surface area (Å²) in [5, 5.41) is 1.44. The molecule has 3 heterocycles. The summed E-state index contributed by atoms with van der Waals surface area (Å²) in [6.45, 7) is 11.2. The predicted molar refractivity (Wildman–Crippen MR) is 159 cm³/mol. The summed E-state index contributed by atoms with van der Waals surface area (Å²) in [4.78, 5) is 22.4. The molecular formula is C31H42Cl2N4O. The predicted octanol–water partition coefficient (Wildman–Crippen LogP) is 5.98. The number of nitrogens with zero attached hydrogens (tertiary/aromatic N) is 4. The van der Waals surface area contributed by atoms with Crippen LogP contribution < -0.4 is 4.90 Å². The minimum absolute atomic E-state index is 0.194. The van der Waals surface area contributed by atoms with Crippen LogP contribution in [-0.4, -0.2) is 80.0 Å². The molecule has 0 aromatic heterocycles. The van der Waals surface area contributed by atoms with E-state index in [1.165, 1.54) is 22.3 Å². The molecule has 0 spiro atoms. The molecule has 0 N–H and O–H groups in total. The molecule has 0 saturated carbocycles. The van der Waals surface area contributed by atoms with E-state index in [1.54, 1.807) is 0 Å². The van der Waals surface area contributed by atoms with E-state index in [4.69, 9.17) is 23.2 Å². The lowest BCUT2D eigenvalue weighted by atomic mass is 9.86. The van der Waals surface area contributed by atoms with Crippen LogP contribution in [0.5, 0.6) is 0 Å². The van der Waals surface area contributed by atoms with Gasteiger partial charge in [0.25, 0.3) is 0 Å². The molecule has 0 aliphatic carbocycles. The summed E-state index contributed by atoms with van der Waals surface area (Å²) in [7, 11) is 4.29. The van der Waals surface area contributed by atoms with E-state index >= 15 is 0 Å². The fraction of sp³-hybridized carbons (Fsp3) is 0.581. The average Bonchev–Trinajstić information content (AvgIpc) is 2.87. The zero-order valence-electron chi connectivity index (χ0n) is 23.4. The SMILES string of the molecule is Cc1cc(C2CN(c3c(Cl)cccc3Cl)C2)cc(C)c1CN1CCC(C(=O)N2CCC(N(C)C)CC2)CC1. The van der Waals surface area contributed by atoms with Crippen molar-refractivity contribution in [3.8, 4) is 0 Å². The molecule has 3 fully saturated rings. The molecule has 0 atom stereocenters. The van der Waals surface area contributed by atoms with Gasteiger partial charge < -0.3 is 14.7 Å². The number of benzene rings is 2. The number of hydrogen-bond donors (Lipinski definition) is 0. The van der Waals surface area contributed by atoms with Crippen molar-refractivity contribution in [3.05, 3.63) is 62.6 Å². The summed E-state index contributed by atoms with van der Waals surface area (Å²) >= 11 is 12.8. The standard InChI is InChI=1S/C31H42Cl2N4O/c1-21-16-24(25-18-37(19-25)30-28(32)6-5-7-29(30)33)17-22(2)27(21)20-35-12-8-23(9-13-35)31(38)36-14-10-26(11-15-36)34(3)4/h5-7,16-17,23,25-26H,8-15,18-20H2,1-4H3. The zero-order valence-corrected chi connectivity index (χ0v) is 24.9. The van der Waals surface area contributed by atoms with Gasteiger partial charge in [-0.3, -0.25) is 9.69 Å². The minimum atomic E-state index is 0.194. The van der Waals surface area contributed by atoms with Crippen LogP contribution in [0.25, 0.3) is 0 Å². The second-order valence-electron chi connectivity index (χ2n) is 11.9. The molecule has 2 aromatic rings. The quantitative estimate of drug-likeness (QED) is 0.437. The number of para-hydroxylation sites is 1. The Kier molecular flexibility index (Phi) is 8.59. The molecule has 206 valence electrons. The average molecular weight is 558 g/mol. The number of anilines is 1. The van der Waals surface area contributed by atoms with Crippen LogP contribution in [-0.2, 0) is 11.3 Å². The first-order valence-electron chi connectivity index (χ1n) is 14.2. The van der Waals surface area contributed by atoms with Crippen LogP contribution in [0.15, 0.2) is 30.3 Å². The Labute approximate surface area is 238 Å². The van der Waals surface area contributed by atoms with E-state index in [-0.39, 0.29) is 5.92 Å². The highest BCUT2D eigenvalue weighted by Crippen LogP contribution is 2.40. The lowest BCUT2D eigenvalue weighted by Gasteiger charge is -2.42. The van der Waals surface area contributed by atoms with Crippen LogP contribution in [0.4, 0.5) is 5.69 Å². The van der Waals surface area contributed by atoms with Gasteiger partial charge in [-0.05, 0) is 101 Å². The summed E-state index contributed by atoms with van der Waals surface area (Å²) in [6.07, 6.45) is 4.15. The Hall–Kier alpha value is -1.79. The first-order chi connectivity index (χ1) is 18.2. The van der Waals surface area contributed by atoms with Gasteiger partial charge in [0.1, 0.15) is 0 Å². The molecule has 38 heavy (non-hydrogen) atoms. The van der Waals surface area contributed by atoms with Crippen molar-refractivity contribution in [3.63, 3.8) is 0 Å². The maximum atomic E-state index is 13.2. The molecule has 0 unspecified atom stereocenters. The Balaban J connectivity index is 1.13. The third-order valence-electron chi connectivity index (χ3n) is 9.15. The van der Waals surface area contributed by atoms with Crippen LogP contribution in [0.1, 0.15) is 53.9 Å². The summed E-state index contributed by atoms with van der Waals surface area (Å²) < 4.78 is 0. The van der Waals surface area contributed by atoms with Crippen LogP contribution in [0, 0.1) is 19.8 Å². The van der Waals surface area contributed by atoms with Crippen molar-refractivity contribution in [2.24, 2.45) is 5.92 Å². The number of piperidine rings is 2. The van der Waals surface area contributed by atoms with Crippen LogP contribution >= 0.6 is 23.2 Å². The Morgan fingerprint density at radius 1 is 0.921 bits per heavy atom. The van der Waals surface area contributed by atoms with Crippen molar-refractivity contribution in [1.29, 1.82) is 0 Å². The zero-order chi connectivity index (χ0) is 27.0. The van der Waals surface area contributed by atoms with E-state index in [2.05, 4.69) is 59.7 Å². The Morgan fingerprint density at radius 2 is 1.50 bits per heavy atom. The van der Waals surface area contributed by atoms with Gasteiger partial charge in [0.2, 0.25) is 5.91 Å². The topological polar surface area (TPSA) is 30.0 Å². The smallest absolute Gasteiger partial charge is 0.225 e. The molecule has 3 saturated heterocycles. The highest BCUT2D eigenvalue weighted by atomic mass is 35.5. The summed E-state index contributed by atoms with van der Waals surface area (Å²) in [5.41, 5.74) is 6.55. The number of amides is 1. The van der Waals surface area contributed by atoms with E-state index in [0.29, 0.717) is 17.9 Å². The molecule has 3 aliphatic heterocycles. The van der Waals surface area contributed by atoms with E-state index in [9.17, 15) is 4.79 Å². The second-order valence-corrected chi connectivity index (χ2v) is 12.7. The lowest BCUT2D eigenvalue weighted by molar-refractivity contribution is -0.138. The first kappa shape index (κ1) is 27.8. The first-order valence-corrected chi connectivity index (χ1v) is 14.9. The minimum Gasteiger partial charge on any atom is -0.368 e. The maximum absolute atomic E-state index is 13.2. The van der Waals surface area contributed by atoms with Gasteiger partial charge in [-0.15, -0.1) is 0 Å². The molecule has 0 bridgehead atoms. The Morgan fingerprint density at radius 3 is 2.05 bits per heavy atom. The van der Waals surface area contributed by atoms with Crippen molar-refractivity contribution >= 4 is 34.8 Å². The van der Waals surface area contributed by atoms with Crippen LogP contribution in [0.2, 0.25) is 10.0 Å².